The lowest BCUT2D eigenvalue weighted by Gasteiger charge is -2.28. The second-order valence-electron chi connectivity index (χ2n) is 4.60. The topological polar surface area (TPSA) is 21.7 Å². The first-order valence-electron chi connectivity index (χ1n) is 6.28. The molecular weight excluding hydrogens is 257 g/mol. The molecule has 0 unspecified atom stereocenters. The molecule has 0 bridgehead atoms. The molecule has 1 aromatic rings. The molecule has 1 aromatic carbocycles. The number of hydrogen-bond acceptors (Lipinski definition) is 3. The highest BCUT2D eigenvalue weighted by molar-refractivity contribution is 5.71. The van der Waals surface area contributed by atoms with Crippen LogP contribution in [0.25, 0.3) is 5.70 Å². The average Bonchev–Trinajstić information content (AvgIpc) is 2.44. The lowest BCUT2D eigenvalue weighted by Crippen LogP contribution is -2.19. The van der Waals surface area contributed by atoms with Crippen molar-refractivity contribution in [2.75, 3.05) is 21.0 Å². The van der Waals surface area contributed by atoms with Crippen molar-refractivity contribution in [3.05, 3.63) is 59.6 Å². The summed E-state index contributed by atoms with van der Waals surface area (Å²) in [5, 5.41) is 0. The Bertz CT molecular complexity index is 590. The van der Waals surface area contributed by atoms with Crippen LogP contribution < -0.4 is 4.74 Å². The molecule has 1 aliphatic heterocycles. The molecule has 0 atom stereocenters. The molecule has 20 heavy (non-hydrogen) atoms. The molecule has 0 saturated heterocycles. The van der Waals surface area contributed by atoms with Crippen LogP contribution in [0.2, 0.25) is 0 Å². The van der Waals surface area contributed by atoms with Crippen molar-refractivity contribution in [3.63, 3.8) is 0 Å². The van der Waals surface area contributed by atoms with Crippen LogP contribution in [0.4, 0.5) is 4.39 Å². The number of nitrogens with zero attached hydrogens (tertiary/aromatic N) is 1. The third-order valence-electron chi connectivity index (χ3n) is 3.27. The Morgan fingerprint density at radius 2 is 2.05 bits per heavy atom. The quantitative estimate of drug-likeness (QED) is 0.784. The lowest BCUT2D eigenvalue weighted by molar-refractivity contribution is 0.0509. The summed E-state index contributed by atoms with van der Waals surface area (Å²) in [6.45, 7) is 6.07. The molecule has 0 N–H and O–H groups in total. The summed E-state index contributed by atoms with van der Waals surface area (Å²) < 4.78 is 24.2. The minimum atomic E-state index is -0.336. The number of methoxy groups -OCH3 is 1. The van der Waals surface area contributed by atoms with E-state index in [1.165, 1.54) is 13.2 Å². The van der Waals surface area contributed by atoms with Crippen molar-refractivity contribution in [2.45, 2.75) is 6.92 Å². The maximum atomic E-state index is 14.2. The van der Waals surface area contributed by atoms with Crippen molar-refractivity contribution in [1.82, 2.24) is 4.90 Å². The van der Waals surface area contributed by atoms with Crippen LogP contribution in [0.5, 0.6) is 5.75 Å². The van der Waals surface area contributed by atoms with Gasteiger partial charge in [-0.1, -0.05) is 12.7 Å². The minimum absolute atomic E-state index is 0.0973. The average molecular weight is 275 g/mol. The van der Waals surface area contributed by atoms with Gasteiger partial charge in [-0.2, -0.15) is 0 Å². The smallest absolute Gasteiger partial charge is 0.188 e. The fraction of sp³-hybridized carbons (Fsp3) is 0.250. The molecule has 0 radical (unpaired) electrons. The highest BCUT2D eigenvalue weighted by atomic mass is 19.1. The largest absolute Gasteiger partial charge is 0.467 e. The Hall–Kier alpha value is -2.07. The van der Waals surface area contributed by atoms with E-state index in [1.807, 2.05) is 31.0 Å². The number of rotatable bonds is 4. The van der Waals surface area contributed by atoms with Crippen LogP contribution in [-0.4, -0.2) is 25.9 Å². The molecule has 1 aliphatic rings. The van der Waals surface area contributed by atoms with E-state index >= 15 is 0 Å². The van der Waals surface area contributed by atoms with Crippen LogP contribution in [0.3, 0.4) is 0 Å². The van der Waals surface area contributed by atoms with Gasteiger partial charge >= 0.3 is 0 Å². The molecule has 0 fully saturated rings. The van der Waals surface area contributed by atoms with Crippen molar-refractivity contribution < 1.29 is 13.9 Å². The van der Waals surface area contributed by atoms with E-state index < -0.39 is 0 Å². The number of hydrogen-bond donors (Lipinski definition) is 0. The molecular formula is C16H18FNO2. The second kappa shape index (κ2) is 5.92. The highest BCUT2D eigenvalue weighted by Crippen LogP contribution is 2.31. The molecule has 106 valence electrons. The molecule has 0 spiro atoms. The van der Waals surface area contributed by atoms with Gasteiger partial charge in [-0.25, -0.2) is 4.39 Å². The van der Waals surface area contributed by atoms with Crippen molar-refractivity contribution in [1.29, 1.82) is 0 Å². The molecule has 3 nitrogen and oxygen atoms in total. The van der Waals surface area contributed by atoms with E-state index in [9.17, 15) is 4.39 Å². The summed E-state index contributed by atoms with van der Waals surface area (Å²) in [6.07, 6.45) is 3.82. The normalized spacial score (nSPS) is 15.0. The molecule has 0 aliphatic carbocycles. The standard InChI is InChI=1S/C16H18FNO2/c1-11-5-8-16(18(3)12(11)2)14-7-6-13(9-15(14)17)20-10-19-4/h5-9H,2,10H2,1,3-4H3. The predicted molar refractivity (Wildman–Crippen MR) is 77.5 cm³/mol. The van der Waals surface area contributed by atoms with Crippen LogP contribution >= 0.6 is 0 Å². The Labute approximate surface area is 118 Å². The first-order valence-corrected chi connectivity index (χ1v) is 6.28. The van der Waals surface area contributed by atoms with E-state index in [2.05, 4.69) is 6.58 Å². The van der Waals surface area contributed by atoms with Crippen LogP contribution in [0.1, 0.15) is 12.5 Å². The van der Waals surface area contributed by atoms with Gasteiger partial charge < -0.3 is 14.4 Å². The SMILES string of the molecule is C=C1C(C)=CC=C(c2ccc(OCOC)cc2F)N1C. The van der Waals surface area contributed by atoms with E-state index in [-0.39, 0.29) is 12.6 Å². The fourth-order valence-corrected chi connectivity index (χ4v) is 2.01. The van der Waals surface area contributed by atoms with Crippen molar-refractivity contribution >= 4 is 5.70 Å². The van der Waals surface area contributed by atoms with Gasteiger partial charge in [0.2, 0.25) is 0 Å². The summed E-state index contributed by atoms with van der Waals surface area (Å²) in [5.74, 6) is 0.107. The van der Waals surface area contributed by atoms with Crippen molar-refractivity contribution in [2.24, 2.45) is 0 Å². The van der Waals surface area contributed by atoms with Gasteiger partial charge in [0.25, 0.3) is 0 Å². The summed E-state index contributed by atoms with van der Waals surface area (Å²) in [6, 6.07) is 4.78. The molecule has 4 heteroatoms. The zero-order chi connectivity index (χ0) is 14.7. The Morgan fingerprint density at radius 3 is 2.70 bits per heavy atom. The van der Waals surface area contributed by atoms with E-state index in [0.29, 0.717) is 11.3 Å². The van der Waals surface area contributed by atoms with Gasteiger partial charge in [-0.3, -0.25) is 0 Å². The minimum Gasteiger partial charge on any atom is -0.467 e. The lowest BCUT2D eigenvalue weighted by atomic mass is 10.0. The van der Waals surface area contributed by atoms with Gasteiger partial charge in [0.05, 0.1) is 5.70 Å². The number of benzene rings is 1. The van der Waals surface area contributed by atoms with E-state index in [0.717, 1.165) is 17.0 Å². The molecule has 0 amide bonds. The van der Waals surface area contributed by atoms with Gasteiger partial charge in [0.15, 0.2) is 6.79 Å². The summed E-state index contributed by atoms with van der Waals surface area (Å²) >= 11 is 0. The number of ether oxygens (including phenoxy) is 2. The fourth-order valence-electron chi connectivity index (χ4n) is 2.01. The van der Waals surface area contributed by atoms with Gasteiger partial charge in [0, 0.05) is 31.5 Å². The second-order valence-corrected chi connectivity index (χ2v) is 4.60. The van der Waals surface area contributed by atoms with Crippen LogP contribution in [-0.2, 0) is 4.74 Å². The van der Waals surface area contributed by atoms with Crippen LogP contribution in [0, 0.1) is 5.82 Å². The summed E-state index contributed by atoms with van der Waals surface area (Å²) in [7, 11) is 3.40. The zero-order valence-electron chi connectivity index (χ0n) is 11.9. The monoisotopic (exact) mass is 275 g/mol. The molecule has 2 rings (SSSR count). The first kappa shape index (κ1) is 14.3. The maximum absolute atomic E-state index is 14.2. The van der Waals surface area contributed by atoms with E-state index in [4.69, 9.17) is 9.47 Å². The Morgan fingerprint density at radius 1 is 1.30 bits per heavy atom. The van der Waals surface area contributed by atoms with E-state index in [1.54, 1.807) is 12.1 Å². The first-order chi connectivity index (χ1) is 9.54. The third-order valence-corrected chi connectivity index (χ3v) is 3.27. The third kappa shape index (κ3) is 2.75. The summed E-state index contributed by atoms with van der Waals surface area (Å²) in [5.41, 5.74) is 3.22. The molecule has 1 heterocycles. The Kier molecular flexibility index (Phi) is 4.25. The van der Waals surface area contributed by atoms with Gasteiger partial charge in [0.1, 0.15) is 11.6 Å². The number of likely N-dealkylation sites (N-methyl/N-ethyl adjacent to an activating group) is 1. The Balaban J connectivity index is 2.32. The van der Waals surface area contributed by atoms with Crippen molar-refractivity contribution in [3.8, 4) is 5.75 Å². The summed E-state index contributed by atoms with van der Waals surface area (Å²) in [4.78, 5) is 1.88. The number of halogens is 1. The molecule has 0 saturated carbocycles. The molecule has 0 aromatic heterocycles. The zero-order valence-corrected chi connectivity index (χ0v) is 11.9. The van der Waals surface area contributed by atoms with Gasteiger partial charge in [-0.05, 0) is 30.7 Å². The maximum Gasteiger partial charge on any atom is 0.188 e. The predicted octanol–water partition coefficient (Wildman–Crippen LogP) is 3.55. The number of allylic oxidation sites excluding steroid dienone is 3. The van der Waals surface area contributed by atoms with Crippen LogP contribution in [0.15, 0.2) is 48.2 Å². The van der Waals surface area contributed by atoms with Gasteiger partial charge in [-0.15, -0.1) is 0 Å². The highest BCUT2D eigenvalue weighted by Gasteiger charge is 2.18.